The SMILES string of the molecule is C[C@@](N)(Cc1nccc2ccccc12)C(=O)O. The van der Waals surface area contributed by atoms with Crippen molar-refractivity contribution in [1.29, 1.82) is 0 Å². The molecule has 2 aromatic rings. The van der Waals surface area contributed by atoms with E-state index in [1.54, 1.807) is 6.20 Å². The van der Waals surface area contributed by atoms with Crippen molar-refractivity contribution >= 4 is 16.7 Å². The molecule has 0 radical (unpaired) electrons. The zero-order valence-electron chi connectivity index (χ0n) is 9.55. The fourth-order valence-corrected chi connectivity index (χ4v) is 1.75. The molecule has 0 aliphatic carbocycles. The van der Waals surface area contributed by atoms with Crippen LogP contribution in [0.25, 0.3) is 10.8 Å². The number of fused-ring (bicyclic) bond motifs is 1. The highest BCUT2D eigenvalue weighted by atomic mass is 16.4. The van der Waals surface area contributed by atoms with Gasteiger partial charge in [0.1, 0.15) is 5.54 Å². The van der Waals surface area contributed by atoms with Crippen LogP contribution >= 0.6 is 0 Å². The van der Waals surface area contributed by atoms with Gasteiger partial charge in [-0.2, -0.15) is 0 Å². The van der Waals surface area contributed by atoms with Crippen molar-refractivity contribution in [3.8, 4) is 0 Å². The number of carboxylic acids is 1. The van der Waals surface area contributed by atoms with Crippen LogP contribution in [-0.4, -0.2) is 21.6 Å². The number of hydrogen-bond acceptors (Lipinski definition) is 3. The maximum absolute atomic E-state index is 11.0. The lowest BCUT2D eigenvalue weighted by Crippen LogP contribution is -2.47. The van der Waals surface area contributed by atoms with Crippen molar-refractivity contribution in [2.75, 3.05) is 0 Å². The van der Waals surface area contributed by atoms with Crippen molar-refractivity contribution in [2.45, 2.75) is 18.9 Å². The maximum Gasteiger partial charge on any atom is 0.323 e. The van der Waals surface area contributed by atoms with Crippen LogP contribution in [0.2, 0.25) is 0 Å². The Bertz CT molecular complexity index is 559. The van der Waals surface area contributed by atoms with Crippen LogP contribution in [0.3, 0.4) is 0 Å². The number of nitrogens with two attached hydrogens (primary N) is 1. The van der Waals surface area contributed by atoms with E-state index in [1.807, 2.05) is 30.3 Å². The monoisotopic (exact) mass is 230 g/mol. The molecule has 0 fully saturated rings. The molecule has 0 aliphatic rings. The van der Waals surface area contributed by atoms with E-state index < -0.39 is 11.5 Å². The zero-order valence-corrected chi connectivity index (χ0v) is 9.55. The van der Waals surface area contributed by atoms with Gasteiger partial charge < -0.3 is 10.8 Å². The molecule has 1 aromatic carbocycles. The summed E-state index contributed by atoms with van der Waals surface area (Å²) >= 11 is 0. The van der Waals surface area contributed by atoms with E-state index in [0.717, 1.165) is 16.5 Å². The Morgan fingerprint density at radius 1 is 1.41 bits per heavy atom. The summed E-state index contributed by atoms with van der Waals surface area (Å²) < 4.78 is 0. The fraction of sp³-hybridized carbons (Fsp3) is 0.231. The highest BCUT2D eigenvalue weighted by molar-refractivity contribution is 5.85. The van der Waals surface area contributed by atoms with Gasteiger partial charge in [-0.05, 0) is 18.4 Å². The molecular formula is C13H14N2O2. The molecule has 3 N–H and O–H groups in total. The van der Waals surface area contributed by atoms with E-state index in [4.69, 9.17) is 10.8 Å². The predicted molar refractivity (Wildman–Crippen MR) is 65.7 cm³/mol. The highest BCUT2D eigenvalue weighted by Gasteiger charge is 2.29. The van der Waals surface area contributed by atoms with Gasteiger partial charge in [0.05, 0.1) is 5.69 Å². The molecule has 0 saturated heterocycles. The Hall–Kier alpha value is -1.94. The van der Waals surface area contributed by atoms with Gasteiger partial charge in [-0.25, -0.2) is 0 Å². The maximum atomic E-state index is 11.0. The Labute approximate surface area is 99.1 Å². The molecule has 0 bridgehead atoms. The third-order valence-electron chi connectivity index (χ3n) is 2.78. The minimum atomic E-state index is -1.29. The van der Waals surface area contributed by atoms with Gasteiger partial charge in [-0.1, -0.05) is 24.3 Å². The Balaban J connectivity index is 2.46. The first-order chi connectivity index (χ1) is 8.00. The molecule has 1 aromatic heterocycles. The van der Waals surface area contributed by atoms with E-state index in [0.29, 0.717) is 0 Å². The lowest BCUT2D eigenvalue weighted by molar-refractivity contribution is -0.142. The molecule has 0 saturated carbocycles. The number of aliphatic carboxylic acids is 1. The summed E-state index contributed by atoms with van der Waals surface area (Å²) in [5.41, 5.74) is 5.17. The Morgan fingerprint density at radius 2 is 2.12 bits per heavy atom. The normalized spacial score (nSPS) is 14.5. The summed E-state index contributed by atoms with van der Waals surface area (Å²) in [5, 5.41) is 11.0. The number of rotatable bonds is 3. The molecule has 0 aliphatic heterocycles. The molecule has 0 unspecified atom stereocenters. The minimum absolute atomic E-state index is 0.212. The topological polar surface area (TPSA) is 76.2 Å². The molecule has 2 rings (SSSR count). The number of carbonyl (C=O) groups is 1. The molecule has 0 amide bonds. The van der Waals surface area contributed by atoms with Crippen LogP contribution in [0.4, 0.5) is 0 Å². The predicted octanol–water partition coefficient (Wildman–Crippen LogP) is 1.58. The molecule has 88 valence electrons. The van der Waals surface area contributed by atoms with Crippen molar-refractivity contribution in [2.24, 2.45) is 5.73 Å². The smallest absolute Gasteiger partial charge is 0.323 e. The van der Waals surface area contributed by atoms with Gasteiger partial charge in [0.2, 0.25) is 0 Å². The van der Waals surface area contributed by atoms with Crippen LogP contribution < -0.4 is 5.73 Å². The minimum Gasteiger partial charge on any atom is -0.480 e. The van der Waals surface area contributed by atoms with Crippen LogP contribution in [0.15, 0.2) is 36.5 Å². The zero-order chi connectivity index (χ0) is 12.5. The molecular weight excluding hydrogens is 216 g/mol. The lowest BCUT2D eigenvalue weighted by Gasteiger charge is -2.19. The summed E-state index contributed by atoms with van der Waals surface area (Å²) in [6.07, 6.45) is 1.89. The number of aromatic nitrogens is 1. The van der Waals surface area contributed by atoms with Crippen molar-refractivity contribution in [3.63, 3.8) is 0 Å². The number of benzene rings is 1. The van der Waals surface area contributed by atoms with E-state index in [9.17, 15) is 4.79 Å². The molecule has 1 atom stereocenters. The fourth-order valence-electron chi connectivity index (χ4n) is 1.75. The van der Waals surface area contributed by atoms with E-state index in [2.05, 4.69) is 4.98 Å². The summed E-state index contributed by atoms with van der Waals surface area (Å²) in [5.74, 6) is -1.02. The average Bonchev–Trinajstić information content (AvgIpc) is 2.29. The molecule has 1 heterocycles. The van der Waals surface area contributed by atoms with Crippen LogP contribution in [0, 0.1) is 0 Å². The Morgan fingerprint density at radius 3 is 2.82 bits per heavy atom. The first-order valence-corrected chi connectivity index (χ1v) is 5.35. The second-order valence-corrected chi connectivity index (χ2v) is 4.38. The highest BCUT2D eigenvalue weighted by Crippen LogP contribution is 2.19. The van der Waals surface area contributed by atoms with Gasteiger partial charge in [0.15, 0.2) is 0 Å². The van der Waals surface area contributed by atoms with Gasteiger partial charge in [0.25, 0.3) is 0 Å². The van der Waals surface area contributed by atoms with Crippen LogP contribution in [0.5, 0.6) is 0 Å². The number of carboxylic acid groups (broad SMARTS) is 1. The van der Waals surface area contributed by atoms with Crippen molar-refractivity contribution in [1.82, 2.24) is 4.98 Å². The van der Waals surface area contributed by atoms with Crippen molar-refractivity contribution in [3.05, 3.63) is 42.2 Å². The first-order valence-electron chi connectivity index (χ1n) is 5.35. The quantitative estimate of drug-likeness (QED) is 0.839. The molecule has 17 heavy (non-hydrogen) atoms. The molecule has 0 spiro atoms. The lowest BCUT2D eigenvalue weighted by atomic mass is 9.94. The summed E-state index contributed by atoms with van der Waals surface area (Å²) in [7, 11) is 0. The molecule has 4 nitrogen and oxygen atoms in total. The summed E-state index contributed by atoms with van der Waals surface area (Å²) in [6, 6.07) is 9.63. The van der Waals surface area contributed by atoms with Gasteiger partial charge >= 0.3 is 5.97 Å². The van der Waals surface area contributed by atoms with Gasteiger partial charge in [0, 0.05) is 18.0 Å². The average molecular weight is 230 g/mol. The van der Waals surface area contributed by atoms with E-state index in [-0.39, 0.29) is 6.42 Å². The number of nitrogens with zero attached hydrogens (tertiary/aromatic N) is 1. The summed E-state index contributed by atoms with van der Waals surface area (Å²) in [4.78, 5) is 15.2. The van der Waals surface area contributed by atoms with Crippen LogP contribution in [0.1, 0.15) is 12.6 Å². The molecule has 4 heteroatoms. The second kappa shape index (κ2) is 4.14. The van der Waals surface area contributed by atoms with Gasteiger partial charge in [-0.3, -0.25) is 9.78 Å². The van der Waals surface area contributed by atoms with Gasteiger partial charge in [-0.15, -0.1) is 0 Å². The van der Waals surface area contributed by atoms with Crippen molar-refractivity contribution < 1.29 is 9.90 Å². The third kappa shape index (κ3) is 2.26. The van der Waals surface area contributed by atoms with Crippen LogP contribution in [-0.2, 0) is 11.2 Å². The number of hydrogen-bond donors (Lipinski definition) is 2. The summed E-state index contributed by atoms with van der Waals surface area (Å²) in [6.45, 7) is 1.50. The van der Waals surface area contributed by atoms with E-state index >= 15 is 0 Å². The standard InChI is InChI=1S/C13H14N2O2/c1-13(14,12(16)17)8-11-10-5-3-2-4-9(10)6-7-15-11/h2-7H,8,14H2,1H3,(H,16,17)/t13-/m1/s1. The first kappa shape index (κ1) is 11.5. The second-order valence-electron chi connectivity index (χ2n) is 4.38. The third-order valence-corrected chi connectivity index (χ3v) is 2.78. The number of pyridine rings is 1. The van der Waals surface area contributed by atoms with E-state index in [1.165, 1.54) is 6.92 Å². The Kier molecular flexibility index (Phi) is 2.81. The largest absolute Gasteiger partial charge is 0.480 e.